The van der Waals surface area contributed by atoms with E-state index in [1.165, 1.54) is 0 Å². The molecule has 1 atom stereocenters. The molecule has 0 unspecified atom stereocenters. The van der Waals surface area contributed by atoms with E-state index in [1.54, 1.807) is 6.08 Å². The quantitative estimate of drug-likeness (QED) is 0.322. The smallest absolute Gasteiger partial charge is 0.142 e. The topological polar surface area (TPSA) is 17.1 Å². The van der Waals surface area contributed by atoms with Crippen LogP contribution in [0, 0.1) is 0 Å². The molecule has 0 aromatic heterocycles. The molecule has 0 radical (unpaired) electrons. The molecule has 0 fully saturated rings. The first kappa shape index (κ1) is 12.9. The number of carbonyl (C=O) groups is 1. The molecule has 1 nitrogen and oxygen atoms in total. The van der Waals surface area contributed by atoms with Crippen molar-refractivity contribution in [3.8, 4) is 0 Å². The highest BCUT2D eigenvalue weighted by atomic mass is 79.9. The van der Waals surface area contributed by atoms with Crippen molar-refractivity contribution in [3.05, 3.63) is 23.3 Å². The van der Waals surface area contributed by atoms with Gasteiger partial charge in [-0.1, -0.05) is 33.2 Å². The average molecular weight is 266 g/mol. The van der Waals surface area contributed by atoms with Crippen LogP contribution in [0.4, 0.5) is 0 Å². The molecule has 0 bridgehead atoms. The predicted molar refractivity (Wildman–Crippen MR) is 61.6 cm³/mol. The van der Waals surface area contributed by atoms with E-state index in [9.17, 15) is 4.79 Å². The summed E-state index contributed by atoms with van der Waals surface area (Å²) in [5.74, 6) is 0.566. The summed E-state index contributed by atoms with van der Waals surface area (Å²) in [6.07, 6.45) is 5.33. The molecular weight excluding hydrogens is 251 g/mol. The Kier molecular flexibility index (Phi) is 7.29. The van der Waals surface area contributed by atoms with Gasteiger partial charge in [0.05, 0.1) is 0 Å². The van der Waals surface area contributed by atoms with E-state index < -0.39 is 0 Å². The lowest BCUT2D eigenvalue weighted by atomic mass is 10.1. The zero-order valence-corrected chi connectivity index (χ0v) is 10.2. The fraction of sp³-hybridized carbons (Fsp3) is 0.500. The Morgan fingerprint density at radius 1 is 1.54 bits per heavy atom. The van der Waals surface area contributed by atoms with Crippen LogP contribution in [0.1, 0.15) is 20.3 Å². The number of allylic oxidation sites excluding steroid dienone is 4. The maximum Gasteiger partial charge on any atom is 0.142 e. The van der Waals surface area contributed by atoms with Gasteiger partial charge >= 0.3 is 0 Å². The number of carbonyl (C=O) groups excluding carboxylic acids is 1. The molecule has 3 heteroatoms. The van der Waals surface area contributed by atoms with E-state index in [2.05, 4.69) is 22.0 Å². The van der Waals surface area contributed by atoms with E-state index in [4.69, 9.17) is 11.6 Å². The minimum atomic E-state index is 0.232. The monoisotopic (exact) mass is 264 g/mol. The third-order valence-corrected chi connectivity index (χ3v) is 3.23. The van der Waals surface area contributed by atoms with E-state index in [0.29, 0.717) is 5.88 Å². The summed E-state index contributed by atoms with van der Waals surface area (Å²) in [4.78, 5) is 10.4. The van der Waals surface area contributed by atoms with Crippen LogP contribution in [0.5, 0.6) is 0 Å². The highest BCUT2D eigenvalue weighted by molar-refractivity contribution is 9.09. The van der Waals surface area contributed by atoms with Crippen LogP contribution in [0.25, 0.3) is 0 Å². The zero-order chi connectivity index (χ0) is 10.3. The highest BCUT2D eigenvalue weighted by Crippen LogP contribution is 2.16. The van der Waals surface area contributed by atoms with E-state index >= 15 is 0 Å². The van der Waals surface area contributed by atoms with Crippen molar-refractivity contribution in [2.24, 2.45) is 0 Å². The molecule has 0 saturated heterocycles. The Bertz CT molecular complexity index is 221. The van der Waals surface area contributed by atoms with Crippen LogP contribution in [-0.2, 0) is 4.79 Å². The zero-order valence-electron chi connectivity index (χ0n) is 7.89. The Labute approximate surface area is 93.0 Å². The van der Waals surface area contributed by atoms with Gasteiger partial charge in [-0.3, -0.25) is 4.79 Å². The van der Waals surface area contributed by atoms with Gasteiger partial charge in [0.25, 0.3) is 0 Å². The standard InChI is InChI=1S/C10H14BrClO/c1-8(7-12)3-4-10(11)9(2)5-6-13/h3,5-6,10H,4,7H2,1-2H3/b8-3+,9-5+/t10-/m1/s1. The van der Waals surface area contributed by atoms with Gasteiger partial charge in [-0.15, -0.1) is 11.6 Å². The molecule has 0 spiro atoms. The van der Waals surface area contributed by atoms with Crippen molar-refractivity contribution in [2.75, 3.05) is 5.88 Å². The first-order valence-corrected chi connectivity index (χ1v) is 5.54. The molecule has 0 aliphatic heterocycles. The first-order valence-electron chi connectivity index (χ1n) is 4.09. The summed E-state index contributed by atoms with van der Waals surface area (Å²) in [6, 6.07) is 0. The first-order chi connectivity index (χ1) is 6.11. The van der Waals surface area contributed by atoms with Crippen molar-refractivity contribution in [1.82, 2.24) is 0 Å². The SMILES string of the molecule is C/C(=C\C[C@@H](Br)/C(C)=C/C=O)CCl. The Balaban J connectivity index is 4.07. The molecule has 0 amide bonds. The number of aldehydes is 1. The third kappa shape index (κ3) is 6.05. The summed E-state index contributed by atoms with van der Waals surface area (Å²) in [5, 5.41) is 0. The van der Waals surface area contributed by atoms with Gasteiger partial charge in [-0.25, -0.2) is 0 Å². The summed E-state index contributed by atoms with van der Waals surface area (Å²) in [6.45, 7) is 3.92. The number of halogens is 2. The second-order valence-corrected chi connectivity index (χ2v) is 4.31. The molecule has 13 heavy (non-hydrogen) atoms. The molecule has 0 N–H and O–H groups in total. The van der Waals surface area contributed by atoms with Gasteiger partial charge in [0.1, 0.15) is 6.29 Å². The van der Waals surface area contributed by atoms with Gasteiger partial charge in [-0.05, 0) is 26.3 Å². The second kappa shape index (κ2) is 7.34. The largest absolute Gasteiger partial charge is 0.299 e. The normalized spacial score (nSPS) is 15.7. The van der Waals surface area contributed by atoms with Gasteiger partial charge in [0.2, 0.25) is 0 Å². The molecule has 0 aliphatic rings. The molecule has 0 aliphatic carbocycles. The van der Waals surface area contributed by atoms with Crippen LogP contribution in [0.3, 0.4) is 0 Å². The summed E-state index contributed by atoms with van der Waals surface area (Å²) < 4.78 is 0. The second-order valence-electron chi connectivity index (χ2n) is 2.93. The van der Waals surface area contributed by atoms with Crippen LogP contribution >= 0.6 is 27.5 Å². The molecule has 0 aromatic rings. The summed E-state index contributed by atoms with van der Waals surface area (Å²) >= 11 is 9.11. The van der Waals surface area contributed by atoms with Crippen LogP contribution in [0.2, 0.25) is 0 Å². The lowest BCUT2D eigenvalue weighted by molar-refractivity contribution is -0.104. The van der Waals surface area contributed by atoms with Crippen LogP contribution in [-0.4, -0.2) is 17.0 Å². The molecule has 74 valence electrons. The summed E-state index contributed by atoms with van der Waals surface area (Å²) in [7, 11) is 0. The predicted octanol–water partition coefficient (Wildman–Crippen LogP) is 3.47. The lowest BCUT2D eigenvalue weighted by Gasteiger charge is -2.06. The summed E-state index contributed by atoms with van der Waals surface area (Å²) in [5.41, 5.74) is 2.19. The maximum absolute atomic E-state index is 10.2. The van der Waals surface area contributed by atoms with Gasteiger partial charge in [0.15, 0.2) is 0 Å². The van der Waals surface area contributed by atoms with Crippen molar-refractivity contribution in [1.29, 1.82) is 0 Å². The van der Waals surface area contributed by atoms with Crippen molar-refractivity contribution in [2.45, 2.75) is 25.1 Å². The minimum Gasteiger partial charge on any atom is -0.299 e. The fourth-order valence-corrected chi connectivity index (χ4v) is 1.21. The Morgan fingerprint density at radius 3 is 2.62 bits per heavy atom. The van der Waals surface area contributed by atoms with Crippen molar-refractivity contribution >= 4 is 33.8 Å². The van der Waals surface area contributed by atoms with Crippen LogP contribution in [0.15, 0.2) is 23.3 Å². The molecule has 0 rings (SSSR count). The molecule has 0 heterocycles. The Morgan fingerprint density at radius 2 is 2.15 bits per heavy atom. The molecular formula is C10H14BrClO. The van der Waals surface area contributed by atoms with E-state index in [-0.39, 0.29) is 4.83 Å². The van der Waals surface area contributed by atoms with Crippen molar-refractivity contribution in [3.63, 3.8) is 0 Å². The van der Waals surface area contributed by atoms with Gasteiger partial charge in [0, 0.05) is 10.7 Å². The van der Waals surface area contributed by atoms with E-state index in [0.717, 1.165) is 23.9 Å². The number of hydrogen-bond acceptors (Lipinski definition) is 1. The third-order valence-electron chi connectivity index (χ3n) is 1.71. The Hall–Kier alpha value is -0.0800. The lowest BCUT2D eigenvalue weighted by Crippen LogP contribution is -1.98. The fourth-order valence-electron chi connectivity index (χ4n) is 0.757. The van der Waals surface area contributed by atoms with Gasteiger partial charge in [-0.2, -0.15) is 0 Å². The van der Waals surface area contributed by atoms with Gasteiger partial charge < -0.3 is 0 Å². The van der Waals surface area contributed by atoms with E-state index in [1.807, 2.05) is 13.8 Å². The maximum atomic E-state index is 10.2. The minimum absolute atomic E-state index is 0.232. The number of alkyl halides is 2. The van der Waals surface area contributed by atoms with Crippen molar-refractivity contribution < 1.29 is 4.79 Å². The average Bonchev–Trinajstić information content (AvgIpc) is 2.13. The molecule has 0 aromatic carbocycles. The number of hydrogen-bond donors (Lipinski definition) is 0. The highest BCUT2D eigenvalue weighted by Gasteiger charge is 2.03. The van der Waals surface area contributed by atoms with Crippen LogP contribution < -0.4 is 0 Å². The molecule has 0 saturated carbocycles. The number of rotatable bonds is 5.